The number of nitrogens with one attached hydrogen (secondary N) is 1. The van der Waals surface area contributed by atoms with E-state index in [0.29, 0.717) is 6.54 Å². The number of carbonyl (C=O) groups is 1. The quantitative estimate of drug-likeness (QED) is 0.634. The van der Waals surface area contributed by atoms with Gasteiger partial charge in [-0.2, -0.15) is 5.26 Å². The molecule has 0 bridgehead atoms. The van der Waals surface area contributed by atoms with Gasteiger partial charge >= 0.3 is 0 Å². The van der Waals surface area contributed by atoms with Gasteiger partial charge in [0.25, 0.3) is 0 Å². The van der Waals surface area contributed by atoms with Gasteiger partial charge in [0, 0.05) is 6.54 Å². The Hall–Kier alpha value is -1.08. The molecule has 0 saturated carbocycles. The van der Waals surface area contributed by atoms with Gasteiger partial charge in [-0.15, -0.1) is 0 Å². The molecule has 4 nitrogen and oxygen atoms in total. The molecule has 0 spiro atoms. The van der Waals surface area contributed by atoms with E-state index in [0.717, 1.165) is 25.8 Å². The number of nitrogens with two attached hydrogens (primary N) is 1. The minimum atomic E-state index is -0.494. The van der Waals surface area contributed by atoms with Gasteiger partial charge in [-0.25, -0.2) is 0 Å². The monoisotopic (exact) mass is 239 g/mol. The average Bonchev–Trinajstić information content (AvgIpc) is 2.23. The zero-order valence-electron chi connectivity index (χ0n) is 11.5. The van der Waals surface area contributed by atoms with Gasteiger partial charge in [-0.1, -0.05) is 6.42 Å². The van der Waals surface area contributed by atoms with Gasteiger partial charge in [-0.05, 0) is 47.1 Å². The Labute approximate surface area is 105 Å². The average molecular weight is 239 g/mol. The van der Waals surface area contributed by atoms with Crippen LogP contribution in [0.25, 0.3) is 0 Å². The highest BCUT2D eigenvalue weighted by Crippen LogP contribution is 2.21. The van der Waals surface area contributed by atoms with Crippen molar-refractivity contribution in [1.82, 2.24) is 5.32 Å². The van der Waals surface area contributed by atoms with Crippen LogP contribution in [0.4, 0.5) is 0 Å². The van der Waals surface area contributed by atoms with Crippen molar-refractivity contribution in [2.24, 2.45) is 16.6 Å². The number of amides is 1. The number of nitrogens with zero attached hydrogens (tertiary/aromatic N) is 1. The van der Waals surface area contributed by atoms with Gasteiger partial charge in [0.1, 0.15) is 0 Å². The molecule has 0 unspecified atom stereocenters. The molecule has 0 aromatic heterocycles. The Balaban J connectivity index is 3.62. The van der Waals surface area contributed by atoms with Crippen LogP contribution in [0.2, 0.25) is 0 Å². The molecule has 0 heterocycles. The minimum Gasteiger partial charge on any atom is -0.369 e. The van der Waals surface area contributed by atoms with E-state index in [2.05, 4.69) is 11.4 Å². The maximum Gasteiger partial charge on any atom is 0.224 e. The van der Waals surface area contributed by atoms with Crippen LogP contribution in [0.3, 0.4) is 0 Å². The molecule has 0 aromatic carbocycles. The number of hydrogen-bond donors (Lipinski definition) is 2. The Morgan fingerprint density at radius 2 is 1.88 bits per heavy atom. The van der Waals surface area contributed by atoms with Gasteiger partial charge in [0.15, 0.2) is 0 Å². The van der Waals surface area contributed by atoms with Crippen molar-refractivity contribution >= 4 is 5.91 Å². The van der Waals surface area contributed by atoms with Crippen LogP contribution in [0.5, 0.6) is 0 Å². The van der Waals surface area contributed by atoms with Crippen molar-refractivity contribution in [3.8, 4) is 6.07 Å². The summed E-state index contributed by atoms with van der Waals surface area (Å²) >= 11 is 0. The summed E-state index contributed by atoms with van der Waals surface area (Å²) in [6.07, 6.45) is 2.94. The molecule has 4 heteroatoms. The molecule has 0 radical (unpaired) electrons. The number of carbonyl (C=O) groups excluding carboxylic acids is 1. The van der Waals surface area contributed by atoms with E-state index in [1.54, 1.807) is 0 Å². The zero-order chi connectivity index (χ0) is 13.5. The van der Waals surface area contributed by atoms with Crippen molar-refractivity contribution < 1.29 is 4.79 Å². The Bertz CT molecular complexity index is 290. The first kappa shape index (κ1) is 15.9. The predicted octanol–water partition coefficient (Wildman–Crippen LogP) is 1.81. The van der Waals surface area contributed by atoms with Gasteiger partial charge in [-0.3, -0.25) is 4.79 Å². The molecule has 1 amide bonds. The lowest BCUT2D eigenvalue weighted by Gasteiger charge is -2.21. The first-order valence-corrected chi connectivity index (χ1v) is 6.13. The molecule has 0 fully saturated rings. The lowest BCUT2D eigenvalue weighted by Crippen LogP contribution is -2.40. The fourth-order valence-corrected chi connectivity index (χ4v) is 1.36. The summed E-state index contributed by atoms with van der Waals surface area (Å²) in [4.78, 5) is 11.1. The maximum absolute atomic E-state index is 11.1. The number of nitriles is 1. The van der Waals surface area contributed by atoms with Crippen LogP contribution in [0, 0.1) is 22.2 Å². The Kier molecular flexibility index (Phi) is 6.19. The lowest BCUT2D eigenvalue weighted by molar-refractivity contribution is -0.125. The summed E-state index contributed by atoms with van der Waals surface area (Å²) in [5.41, 5.74) is 4.55. The summed E-state index contributed by atoms with van der Waals surface area (Å²) < 4.78 is 0. The fourth-order valence-electron chi connectivity index (χ4n) is 1.36. The Morgan fingerprint density at radius 3 is 2.35 bits per heavy atom. The molecule has 0 rings (SSSR count). The molecular weight excluding hydrogens is 214 g/mol. The number of primary amides is 1. The summed E-state index contributed by atoms with van der Waals surface area (Å²) in [5.74, 6) is -0.282. The molecule has 0 aromatic rings. The molecule has 0 aliphatic heterocycles. The highest BCUT2D eigenvalue weighted by molar-refractivity contribution is 5.80. The Morgan fingerprint density at radius 1 is 1.29 bits per heavy atom. The van der Waals surface area contributed by atoms with Crippen LogP contribution in [-0.2, 0) is 4.79 Å². The number of unbranched alkanes of at least 4 members (excludes halogenated alkanes) is 1. The fraction of sp³-hybridized carbons (Fsp3) is 0.846. The molecule has 3 N–H and O–H groups in total. The third-order valence-electron chi connectivity index (χ3n) is 2.94. The topological polar surface area (TPSA) is 78.9 Å². The van der Waals surface area contributed by atoms with E-state index < -0.39 is 5.41 Å². The highest BCUT2D eigenvalue weighted by atomic mass is 16.1. The molecule has 0 aliphatic carbocycles. The molecule has 0 saturated heterocycles. The largest absolute Gasteiger partial charge is 0.369 e. The van der Waals surface area contributed by atoms with Crippen LogP contribution in [-0.4, -0.2) is 19.0 Å². The molecular formula is C13H25N3O. The van der Waals surface area contributed by atoms with Gasteiger partial charge in [0.05, 0.1) is 16.9 Å². The zero-order valence-corrected chi connectivity index (χ0v) is 11.5. The molecule has 0 aliphatic rings. The van der Waals surface area contributed by atoms with E-state index in [1.807, 2.05) is 27.7 Å². The van der Waals surface area contributed by atoms with E-state index >= 15 is 0 Å². The standard InChI is InChI=1S/C13H25N3O/c1-12(2,9-14)7-5-6-8-16-10-13(3,4)11(15)17/h16H,5-8,10H2,1-4H3,(H2,15,17). The first-order chi connectivity index (χ1) is 7.71. The second-order valence-corrected chi connectivity index (χ2v) is 5.88. The van der Waals surface area contributed by atoms with E-state index in [1.165, 1.54) is 0 Å². The maximum atomic E-state index is 11.1. The van der Waals surface area contributed by atoms with E-state index in [9.17, 15) is 4.79 Å². The van der Waals surface area contributed by atoms with Crippen LogP contribution in [0.15, 0.2) is 0 Å². The van der Waals surface area contributed by atoms with Crippen molar-refractivity contribution in [2.75, 3.05) is 13.1 Å². The van der Waals surface area contributed by atoms with Gasteiger partial charge in [0.2, 0.25) is 5.91 Å². The molecule has 0 atom stereocenters. The van der Waals surface area contributed by atoms with Crippen molar-refractivity contribution in [1.29, 1.82) is 5.26 Å². The number of hydrogen-bond acceptors (Lipinski definition) is 3. The SMILES string of the molecule is CC(C)(C#N)CCCCNCC(C)(C)C(N)=O. The summed E-state index contributed by atoms with van der Waals surface area (Å²) in [7, 11) is 0. The third kappa shape index (κ3) is 6.96. The summed E-state index contributed by atoms with van der Waals surface area (Å²) in [6.45, 7) is 9.04. The van der Waals surface area contributed by atoms with Gasteiger partial charge < -0.3 is 11.1 Å². The third-order valence-corrected chi connectivity index (χ3v) is 2.94. The second-order valence-electron chi connectivity index (χ2n) is 5.88. The van der Waals surface area contributed by atoms with Crippen molar-refractivity contribution in [3.05, 3.63) is 0 Å². The second kappa shape index (κ2) is 6.61. The van der Waals surface area contributed by atoms with Crippen LogP contribution in [0.1, 0.15) is 47.0 Å². The minimum absolute atomic E-state index is 0.230. The summed E-state index contributed by atoms with van der Waals surface area (Å²) in [5, 5.41) is 12.1. The normalized spacial score (nSPS) is 12.2. The van der Waals surface area contributed by atoms with E-state index in [4.69, 9.17) is 11.0 Å². The van der Waals surface area contributed by atoms with E-state index in [-0.39, 0.29) is 11.3 Å². The molecule has 17 heavy (non-hydrogen) atoms. The first-order valence-electron chi connectivity index (χ1n) is 6.13. The highest BCUT2D eigenvalue weighted by Gasteiger charge is 2.23. The smallest absolute Gasteiger partial charge is 0.224 e. The molecule has 98 valence electrons. The predicted molar refractivity (Wildman–Crippen MR) is 69.1 cm³/mol. The van der Waals surface area contributed by atoms with Crippen LogP contribution < -0.4 is 11.1 Å². The van der Waals surface area contributed by atoms with Crippen molar-refractivity contribution in [3.63, 3.8) is 0 Å². The lowest BCUT2D eigenvalue weighted by atomic mass is 9.89. The van der Waals surface area contributed by atoms with Crippen LogP contribution >= 0.6 is 0 Å². The summed E-state index contributed by atoms with van der Waals surface area (Å²) in [6, 6.07) is 2.29. The van der Waals surface area contributed by atoms with Crippen molar-refractivity contribution in [2.45, 2.75) is 47.0 Å². The number of rotatable bonds is 8.